The van der Waals surface area contributed by atoms with Gasteiger partial charge in [-0.05, 0) is 11.1 Å². The Hall–Kier alpha value is -3.82. The molecule has 3 aromatic rings. The molecule has 0 radical (unpaired) electrons. The topological polar surface area (TPSA) is 66.4 Å². The van der Waals surface area contributed by atoms with Crippen molar-refractivity contribution in [3.8, 4) is 28.0 Å². The average molecular weight is 467 g/mol. The minimum absolute atomic E-state index is 0.0241. The summed E-state index contributed by atoms with van der Waals surface area (Å²) in [6.07, 6.45) is 0. The van der Waals surface area contributed by atoms with Crippen LogP contribution in [0.2, 0.25) is 0 Å². The molecule has 3 rings (SSSR count). The van der Waals surface area contributed by atoms with Gasteiger partial charge in [0.05, 0.1) is 0 Å². The molecule has 0 fully saturated rings. The molecule has 0 unspecified atom stereocenters. The van der Waals surface area contributed by atoms with E-state index in [1.54, 1.807) is 36.4 Å². The van der Waals surface area contributed by atoms with Gasteiger partial charge in [-0.1, -0.05) is 78.9 Å². The third kappa shape index (κ3) is 4.15. The summed E-state index contributed by atoms with van der Waals surface area (Å²) in [5.74, 6) is -26.6. The van der Waals surface area contributed by atoms with Crippen LogP contribution >= 0.6 is 0 Å². The number of carbonyl (C=O) groups excluding carboxylic acids is 2. The first-order valence-corrected chi connectivity index (χ1v) is 9.22. The Bertz CT molecular complexity index is 1110. The van der Waals surface area contributed by atoms with Crippen LogP contribution < -0.4 is 9.84 Å². The fourth-order valence-corrected chi connectivity index (χ4v) is 2.95. The summed E-state index contributed by atoms with van der Waals surface area (Å²) < 4.78 is 87.2. The van der Waals surface area contributed by atoms with Crippen molar-refractivity contribution in [3.05, 3.63) is 78.9 Å². The van der Waals surface area contributed by atoms with E-state index in [1.807, 2.05) is 0 Å². The van der Waals surface area contributed by atoms with Crippen LogP contribution in [0.1, 0.15) is 0 Å². The first-order valence-electron chi connectivity index (χ1n) is 9.22. The number of hydrogen-bond acceptors (Lipinski definition) is 4. The predicted octanol–water partition coefficient (Wildman–Crippen LogP) is 4.58. The molecular formula is C23H13F6O4-. The quantitative estimate of drug-likeness (QED) is 0.290. The van der Waals surface area contributed by atoms with Crippen LogP contribution in [0.5, 0.6) is 5.75 Å². The number of benzene rings is 3. The maximum atomic E-state index is 14.2. The van der Waals surface area contributed by atoms with Gasteiger partial charge in [0.25, 0.3) is 0 Å². The lowest BCUT2D eigenvalue weighted by Crippen LogP contribution is -2.64. The number of halogens is 6. The van der Waals surface area contributed by atoms with E-state index in [9.17, 15) is 41.0 Å². The Kier molecular flexibility index (Phi) is 6.22. The summed E-state index contributed by atoms with van der Waals surface area (Å²) in [5, 5.41) is 10.3. The molecule has 0 saturated heterocycles. The summed E-state index contributed by atoms with van der Waals surface area (Å²) >= 11 is 0. The zero-order chi connectivity index (χ0) is 24.4. The van der Waals surface area contributed by atoms with E-state index in [2.05, 4.69) is 4.74 Å². The molecule has 0 bridgehead atoms. The summed E-state index contributed by atoms with van der Waals surface area (Å²) in [6, 6.07) is 19.8. The van der Waals surface area contributed by atoms with Gasteiger partial charge >= 0.3 is 23.7 Å². The summed E-state index contributed by atoms with van der Waals surface area (Å²) in [5.41, 5.74) is 0.730. The number of esters is 1. The molecule has 172 valence electrons. The molecule has 0 amide bonds. The Morgan fingerprint density at radius 1 is 0.636 bits per heavy atom. The number of para-hydroxylation sites is 1. The Labute approximate surface area is 183 Å². The van der Waals surface area contributed by atoms with Gasteiger partial charge in [-0.3, -0.25) is 0 Å². The van der Waals surface area contributed by atoms with E-state index in [-0.39, 0.29) is 11.1 Å². The molecule has 0 heterocycles. The van der Waals surface area contributed by atoms with E-state index in [4.69, 9.17) is 0 Å². The van der Waals surface area contributed by atoms with Gasteiger partial charge in [-0.2, -0.15) is 26.3 Å². The summed E-state index contributed by atoms with van der Waals surface area (Å²) in [6.45, 7) is 0. The normalized spacial score (nSPS) is 12.3. The smallest absolute Gasteiger partial charge is 0.411 e. The second-order valence-electron chi connectivity index (χ2n) is 6.81. The van der Waals surface area contributed by atoms with Crippen molar-refractivity contribution >= 4 is 11.9 Å². The molecule has 0 spiro atoms. The predicted molar refractivity (Wildman–Crippen MR) is 103 cm³/mol. The number of hydrogen-bond donors (Lipinski definition) is 0. The average Bonchev–Trinajstić information content (AvgIpc) is 2.79. The molecule has 0 aliphatic carbocycles. The third-order valence-electron chi connectivity index (χ3n) is 4.68. The monoisotopic (exact) mass is 467 g/mol. The zero-order valence-corrected chi connectivity index (χ0v) is 16.4. The van der Waals surface area contributed by atoms with Gasteiger partial charge in [0.2, 0.25) is 0 Å². The van der Waals surface area contributed by atoms with E-state index >= 15 is 0 Å². The largest absolute Gasteiger partial charge is 0.544 e. The maximum absolute atomic E-state index is 14.2. The number of carboxylic acids is 1. The van der Waals surface area contributed by atoms with Crippen molar-refractivity contribution in [1.29, 1.82) is 0 Å². The van der Waals surface area contributed by atoms with Crippen molar-refractivity contribution < 1.29 is 45.8 Å². The van der Waals surface area contributed by atoms with Crippen LogP contribution in [0.3, 0.4) is 0 Å². The highest BCUT2D eigenvalue weighted by Crippen LogP contribution is 2.47. The van der Waals surface area contributed by atoms with Gasteiger partial charge < -0.3 is 14.6 Å². The lowest BCUT2D eigenvalue weighted by atomic mass is 9.97. The number of rotatable bonds is 7. The molecule has 4 nitrogen and oxygen atoms in total. The molecule has 0 N–H and O–H groups in total. The molecule has 0 aromatic heterocycles. The minimum Gasteiger partial charge on any atom is -0.544 e. The molecule has 0 saturated carbocycles. The number of carbonyl (C=O) groups is 2. The lowest BCUT2D eigenvalue weighted by molar-refractivity contribution is -0.365. The van der Waals surface area contributed by atoms with E-state index in [0.717, 1.165) is 0 Å². The Morgan fingerprint density at radius 3 is 1.45 bits per heavy atom. The lowest BCUT2D eigenvalue weighted by Gasteiger charge is -2.31. The van der Waals surface area contributed by atoms with Gasteiger partial charge in [0.1, 0.15) is 11.7 Å². The van der Waals surface area contributed by atoms with Crippen LogP contribution in [0.15, 0.2) is 78.9 Å². The third-order valence-corrected chi connectivity index (χ3v) is 4.68. The first kappa shape index (κ1) is 23.8. The molecule has 0 aliphatic heterocycles. The first-order chi connectivity index (χ1) is 15.4. The van der Waals surface area contributed by atoms with E-state index < -0.39 is 35.5 Å². The van der Waals surface area contributed by atoms with Crippen LogP contribution in [0.4, 0.5) is 26.3 Å². The Morgan fingerprint density at radius 2 is 1.06 bits per heavy atom. The highest BCUT2D eigenvalue weighted by Gasteiger charge is 2.76. The fraction of sp³-hybridized carbons (Fsp3) is 0.130. The molecule has 10 heteroatoms. The summed E-state index contributed by atoms with van der Waals surface area (Å²) in [7, 11) is 0. The van der Waals surface area contributed by atoms with Gasteiger partial charge in [0, 0.05) is 11.1 Å². The van der Waals surface area contributed by atoms with Crippen molar-refractivity contribution in [2.75, 3.05) is 0 Å². The van der Waals surface area contributed by atoms with E-state index in [0.29, 0.717) is 11.1 Å². The van der Waals surface area contributed by atoms with Crippen LogP contribution in [-0.2, 0) is 9.59 Å². The number of aliphatic carboxylic acids is 1. The SMILES string of the molecule is O=C([O-])C(F)(F)C(F)(F)C(F)(F)C(=O)Oc1c(-c2ccccc2)cccc1-c1ccccc1. The number of ether oxygens (including phenoxy) is 1. The van der Waals surface area contributed by atoms with Crippen molar-refractivity contribution in [2.24, 2.45) is 0 Å². The van der Waals surface area contributed by atoms with Gasteiger partial charge in [-0.15, -0.1) is 0 Å². The van der Waals surface area contributed by atoms with Gasteiger partial charge in [0.15, 0.2) is 0 Å². The van der Waals surface area contributed by atoms with Gasteiger partial charge in [-0.25, -0.2) is 4.79 Å². The Balaban J connectivity index is 2.14. The zero-order valence-electron chi connectivity index (χ0n) is 16.4. The standard InChI is InChI=1S/C23H14F6O4/c24-21(25,19(30)31)23(28,29)22(26,27)20(32)33-18-16(14-8-3-1-4-9-14)12-7-13-17(18)15-10-5-2-6-11-15/h1-13H,(H,30,31)/p-1. The highest BCUT2D eigenvalue weighted by molar-refractivity contribution is 5.90. The second-order valence-corrected chi connectivity index (χ2v) is 6.81. The fourth-order valence-electron chi connectivity index (χ4n) is 2.95. The molecular weight excluding hydrogens is 454 g/mol. The maximum Gasteiger partial charge on any atom is 0.411 e. The van der Waals surface area contributed by atoms with Crippen LogP contribution in [-0.4, -0.2) is 29.7 Å². The second kappa shape index (κ2) is 8.61. The molecule has 0 atom stereocenters. The molecule has 3 aromatic carbocycles. The van der Waals surface area contributed by atoms with Crippen molar-refractivity contribution in [2.45, 2.75) is 17.8 Å². The number of alkyl halides is 6. The minimum atomic E-state index is -6.63. The summed E-state index contributed by atoms with van der Waals surface area (Å²) in [4.78, 5) is 22.5. The van der Waals surface area contributed by atoms with Crippen molar-refractivity contribution in [1.82, 2.24) is 0 Å². The van der Waals surface area contributed by atoms with Crippen LogP contribution in [0.25, 0.3) is 22.3 Å². The highest BCUT2D eigenvalue weighted by atomic mass is 19.3. The van der Waals surface area contributed by atoms with Crippen LogP contribution in [0, 0.1) is 0 Å². The molecule has 0 aliphatic rings. The van der Waals surface area contributed by atoms with E-state index in [1.165, 1.54) is 42.5 Å². The number of carboxylic acid groups (broad SMARTS) is 1. The van der Waals surface area contributed by atoms with Crippen molar-refractivity contribution in [3.63, 3.8) is 0 Å². The molecule has 33 heavy (non-hydrogen) atoms.